The van der Waals surface area contributed by atoms with Crippen LogP contribution in [0.5, 0.6) is 0 Å². The topological polar surface area (TPSA) is 3.24 Å². The van der Waals surface area contributed by atoms with Crippen molar-refractivity contribution in [1.29, 1.82) is 0 Å². The first-order chi connectivity index (χ1) is 30.2. The van der Waals surface area contributed by atoms with E-state index >= 15 is 0 Å². The van der Waals surface area contributed by atoms with E-state index in [9.17, 15) is 0 Å². The van der Waals surface area contributed by atoms with Gasteiger partial charge in [0.05, 0.1) is 0 Å². The quantitative estimate of drug-likeness (QED) is 0.152. The van der Waals surface area contributed by atoms with Crippen molar-refractivity contribution in [3.8, 4) is 33.4 Å². The van der Waals surface area contributed by atoms with Gasteiger partial charge in [-0.05, 0) is 159 Å². The summed E-state index contributed by atoms with van der Waals surface area (Å²) < 4.78 is 0. The summed E-state index contributed by atoms with van der Waals surface area (Å²) in [5.74, 6) is 0. The van der Waals surface area contributed by atoms with Crippen molar-refractivity contribution in [2.24, 2.45) is 0 Å². The van der Waals surface area contributed by atoms with E-state index in [0.717, 1.165) is 17.1 Å². The van der Waals surface area contributed by atoms with Crippen molar-refractivity contribution in [2.75, 3.05) is 4.90 Å². The maximum Gasteiger partial charge on any atom is 0.0468 e. The van der Waals surface area contributed by atoms with E-state index in [1.54, 1.807) is 0 Å². The van der Waals surface area contributed by atoms with Crippen LogP contribution in [0, 0.1) is 0 Å². The van der Waals surface area contributed by atoms with Gasteiger partial charge in [-0.3, -0.25) is 0 Å². The van der Waals surface area contributed by atoms with Crippen molar-refractivity contribution in [2.45, 2.75) is 0 Å². The molecule has 0 amide bonds. The maximum absolute atomic E-state index is 2.49. The Labute approximate surface area is 355 Å². The van der Waals surface area contributed by atoms with Crippen LogP contribution in [0.2, 0.25) is 0 Å². The summed E-state index contributed by atoms with van der Waals surface area (Å²) in [6, 6.07) is 87.1. The molecule has 0 aromatic heterocycles. The zero-order valence-corrected chi connectivity index (χ0v) is 33.5. The molecule has 0 aliphatic heterocycles. The summed E-state index contributed by atoms with van der Waals surface area (Å²) in [7, 11) is 0. The van der Waals surface area contributed by atoms with Crippen LogP contribution in [0.4, 0.5) is 17.1 Å². The van der Waals surface area contributed by atoms with Crippen LogP contribution in [-0.4, -0.2) is 0 Å². The number of nitrogens with zero attached hydrogens (tertiary/aromatic N) is 1. The molecule has 0 bridgehead atoms. The molecule has 1 nitrogen and oxygen atoms in total. The number of fused-ring (bicyclic) bond motifs is 9. The minimum absolute atomic E-state index is 1.11. The molecule has 61 heavy (non-hydrogen) atoms. The van der Waals surface area contributed by atoms with Gasteiger partial charge in [-0.15, -0.1) is 0 Å². The molecule has 12 aromatic rings. The average molecular weight is 774 g/mol. The molecule has 12 aromatic carbocycles. The fourth-order valence-corrected chi connectivity index (χ4v) is 9.70. The van der Waals surface area contributed by atoms with E-state index in [1.807, 2.05) is 0 Å². The summed E-state index contributed by atoms with van der Waals surface area (Å²) >= 11 is 0. The molecule has 0 saturated heterocycles. The first kappa shape index (κ1) is 35.0. The van der Waals surface area contributed by atoms with E-state index in [0.29, 0.717) is 0 Å². The number of anilines is 3. The fourth-order valence-electron chi connectivity index (χ4n) is 9.70. The molecule has 0 heterocycles. The van der Waals surface area contributed by atoms with Crippen LogP contribution in [-0.2, 0) is 0 Å². The third kappa shape index (κ3) is 5.93. The Morgan fingerprint density at radius 2 is 0.672 bits per heavy atom. The molecule has 0 unspecified atom stereocenters. The van der Waals surface area contributed by atoms with E-state index in [-0.39, 0.29) is 0 Å². The number of benzene rings is 12. The normalized spacial score (nSPS) is 11.6. The van der Waals surface area contributed by atoms with Crippen LogP contribution in [0.3, 0.4) is 0 Å². The highest BCUT2D eigenvalue weighted by molar-refractivity contribution is 6.33. The van der Waals surface area contributed by atoms with Gasteiger partial charge < -0.3 is 4.90 Å². The smallest absolute Gasteiger partial charge is 0.0468 e. The van der Waals surface area contributed by atoms with Crippen molar-refractivity contribution in [3.05, 3.63) is 237 Å². The lowest BCUT2D eigenvalue weighted by Gasteiger charge is -2.27. The van der Waals surface area contributed by atoms with Gasteiger partial charge in [0.1, 0.15) is 0 Å². The summed E-state index contributed by atoms with van der Waals surface area (Å²) in [6.45, 7) is 0. The fraction of sp³-hybridized carbons (Fsp3) is 0. The first-order valence-electron chi connectivity index (χ1n) is 21.1. The van der Waals surface area contributed by atoms with Gasteiger partial charge in [-0.25, -0.2) is 0 Å². The molecule has 1 heteroatoms. The van der Waals surface area contributed by atoms with Gasteiger partial charge in [0, 0.05) is 17.1 Å². The Balaban J connectivity index is 1.27. The standard InChI is InChI=1S/C60H39N/c1-3-21-49(22-4-1)61(50-23-5-2-6-24-50)51-33-34-54-57(38-51)52-25-13-14-26-53(52)59-56(47-31-28-41-16-8-11-19-44(41)36-47)39-55(46-30-27-40-15-7-10-18-43(40)35-46)58(60(54)59)48-32-29-42-17-9-12-20-45(42)37-48/h1-39H. The van der Waals surface area contributed by atoms with Crippen molar-refractivity contribution < 1.29 is 0 Å². The predicted octanol–water partition coefficient (Wildman–Crippen LogP) is 17.1. The van der Waals surface area contributed by atoms with E-state index < -0.39 is 0 Å². The van der Waals surface area contributed by atoms with Crippen LogP contribution in [0.1, 0.15) is 0 Å². The number of para-hydroxylation sites is 2. The molecule has 284 valence electrons. The molecule has 0 saturated carbocycles. The summed E-state index contributed by atoms with van der Waals surface area (Å²) in [5, 5.41) is 14.8. The number of hydrogen-bond acceptors (Lipinski definition) is 1. The highest BCUT2D eigenvalue weighted by atomic mass is 15.1. The zero-order chi connectivity index (χ0) is 40.3. The monoisotopic (exact) mass is 773 g/mol. The third-order valence-corrected chi connectivity index (χ3v) is 12.5. The summed E-state index contributed by atoms with van der Waals surface area (Å²) in [5.41, 5.74) is 10.6. The van der Waals surface area contributed by atoms with Gasteiger partial charge >= 0.3 is 0 Å². The van der Waals surface area contributed by atoms with Gasteiger partial charge in [0.25, 0.3) is 0 Å². The lowest BCUT2D eigenvalue weighted by Crippen LogP contribution is -2.09. The lowest BCUT2D eigenvalue weighted by atomic mass is 9.80. The molecule has 0 N–H and O–H groups in total. The minimum Gasteiger partial charge on any atom is -0.310 e. The highest BCUT2D eigenvalue weighted by Gasteiger charge is 2.23. The second-order valence-electron chi connectivity index (χ2n) is 16.1. The van der Waals surface area contributed by atoms with E-state index in [4.69, 9.17) is 0 Å². The van der Waals surface area contributed by atoms with Gasteiger partial charge in [-0.2, -0.15) is 0 Å². The zero-order valence-electron chi connectivity index (χ0n) is 33.5. The molecule has 0 radical (unpaired) electrons. The molecule has 0 spiro atoms. The van der Waals surface area contributed by atoms with Gasteiger partial charge in [0.2, 0.25) is 0 Å². The molecule has 0 fully saturated rings. The van der Waals surface area contributed by atoms with Gasteiger partial charge in [0.15, 0.2) is 0 Å². The molecule has 0 aliphatic rings. The third-order valence-electron chi connectivity index (χ3n) is 12.5. The Bertz CT molecular complexity index is 3600. The SMILES string of the molecule is c1ccc(N(c2ccccc2)c2ccc3c(c2)c2ccccc2c2c(-c4ccc5ccccc5c4)cc(-c4ccc5ccccc5c4)c(-c4ccc5ccccc5c4)c32)cc1. The van der Waals surface area contributed by atoms with Crippen molar-refractivity contribution in [1.82, 2.24) is 0 Å². The average Bonchev–Trinajstić information content (AvgIpc) is 3.33. The van der Waals surface area contributed by atoms with E-state index in [2.05, 4.69) is 241 Å². The second kappa shape index (κ2) is 14.4. The predicted molar refractivity (Wildman–Crippen MR) is 262 cm³/mol. The van der Waals surface area contributed by atoms with Crippen LogP contribution >= 0.6 is 0 Å². The summed E-state index contributed by atoms with van der Waals surface area (Å²) in [6.07, 6.45) is 0. The van der Waals surface area contributed by atoms with Crippen LogP contribution in [0.25, 0.3) is 98.0 Å². The Morgan fingerprint density at radius 3 is 1.25 bits per heavy atom. The van der Waals surface area contributed by atoms with Crippen LogP contribution in [0.15, 0.2) is 237 Å². The molecule has 0 atom stereocenters. The molecular weight excluding hydrogens is 735 g/mol. The lowest BCUT2D eigenvalue weighted by molar-refractivity contribution is 1.29. The molecule has 12 rings (SSSR count). The van der Waals surface area contributed by atoms with Crippen LogP contribution < -0.4 is 4.90 Å². The Morgan fingerprint density at radius 1 is 0.230 bits per heavy atom. The molecule has 0 aliphatic carbocycles. The Kier molecular flexibility index (Phi) is 8.25. The number of rotatable bonds is 6. The molecular formula is C60H39N. The summed E-state index contributed by atoms with van der Waals surface area (Å²) in [4.78, 5) is 2.37. The Hall–Kier alpha value is -8.00. The van der Waals surface area contributed by atoms with E-state index in [1.165, 1.54) is 98.0 Å². The van der Waals surface area contributed by atoms with Gasteiger partial charge in [-0.1, -0.05) is 176 Å². The minimum atomic E-state index is 1.11. The highest BCUT2D eigenvalue weighted by Crippen LogP contribution is 2.51. The number of hydrogen-bond donors (Lipinski definition) is 0. The van der Waals surface area contributed by atoms with Crippen molar-refractivity contribution in [3.63, 3.8) is 0 Å². The second-order valence-corrected chi connectivity index (χ2v) is 16.1. The first-order valence-corrected chi connectivity index (χ1v) is 21.1. The maximum atomic E-state index is 2.49. The van der Waals surface area contributed by atoms with Crippen molar-refractivity contribution >= 4 is 81.7 Å². The largest absolute Gasteiger partial charge is 0.310 e.